The summed E-state index contributed by atoms with van der Waals surface area (Å²) in [6.07, 6.45) is 6.11. The minimum Gasteiger partial charge on any atom is -0.504 e. The predicted octanol–water partition coefficient (Wildman–Crippen LogP) is 2.64. The highest BCUT2D eigenvalue weighted by Crippen LogP contribution is 2.28. The number of nitrogens with zero attached hydrogens (tertiary/aromatic N) is 5. The molecule has 0 amide bonds. The summed E-state index contributed by atoms with van der Waals surface area (Å²) in [5, 5.41) is 18.9. The summed E-state index contributed by atoms with van der Waals surface area (Å²) in [5.74, 6) is 1.22. The number of aryl methyl sites for hydroxylation is 1. The van der Waals surface area contributed by atoms with Crippen LogP contribution in [-0.4, -0.2) is 56.4 Å². The molecule has 1 fully saturated rings. The normalized spacial score (nSPS) is 18.7. The van der Waals surface area contributed by atoms with Crippen LogP contribution >= 0.6 is 11.3 Å². The Hall–Kier alpha value is -2.19. The molecule has 1 aliphatic rings. The van der Waals surface area contributed by atoms with Crippen LogP contribution in [0.3, 0.4) is 0 Å². The first-order chi connectivity index (χ1) is 12.1. The van der Waals surface area contributed by atoms with Crippen LogP contribution in [0.15, 0.2) is 18.5 Å². The van der Waals surface area contributed by atoms with Gasteiger partial charge < -0.3 is 15.3 Å². The number of aromatic nitrogens is 4. The van der Waals surface area contributed by atoms with Gasteiger partial charge in [0.1, 0.15) is 0 Å². The summed E-state index contributed by atoms with van der Waals surface area (Å²) < 4.78 is 2.56. The van der Waals surface area contributed by atoms with Crippen LogP contribution in [0.2, 0.25) is 0 Å². The molecule has 7 nitrogen and oxygen atoms in total. The SMILES string of the molecule is Cc1cnc(-n2cc3sc(NC[C@@H]4CCCN(C)C4)nc3n2)c(O)c1. The third-order valence-electron chi connectivity index (χ3n) is 4.54. The minimum absolute atomic E-state index is 0.120. The summed E-state index contributed by atoms with van der Waals surface area (Å²) in [6.45, 7) is 5.18. The van der Waals surface area contributed by atoms with Gasteiger partial charge in [0.15, 0.2) is 22.3 Å². The molecule has 1 saturated heterocycles. The predicted molar refractivity (Wildman–Crippen MR) is 99.6 cm³/mol. The minimum atomic E-state index is 0.120. The van der Waals surface area contributed by atoms with E-state index in [2.05, 4.69) is 32.3 Å². The maximum absolute atomic E-state index is 10.1. The Labute approximate surface area is 150 Å². The highest BCUT2D eigenvalue weighted by Gasteiger charge is 2.18. The lowest BCUT2D eigenvalue weighted by Gasteiger charge is -2.29. The lowest BCUT2D eigenvalue weighted by molar-refractivity contribution is 0.217. The largest absolute Gasteiger partial charge is 0.504 e. The van der Waals surface area contributed by atoms with Gasteiger partial charge in [-0.3, -0.25) is 0 Å². The van der Waals surface area contributed by atoms with Crippen LogP contribution in [0.1, 0.15) is 18.4 Å². The van der Waals surface area contributed by atoms with Crippen LogP contribution in [0, 0.1) is 12.8 Å². The number of nitrogens with one attached hydrogen (secondary N) is 1. The molecule has 25 heavy (non-hydrogen) atoms. The van der Waals surface area contributed by atoms with Crippen molar-refractivity contribution in [1.82, 2.24) is 24.6 Å². The zero-order valence-electron chi connectivity index (χ0n) is 14.4. The highest BCUT2D eigenvalue weighted by molar-refractivity contribution is 7.22. The van der Waals surface area contributed by atoms with E-state index in [1.807, 2.05) is 13.1 Å². The number of anilines is 1. The average molecular weight is 358 g/mol. The van der Waals surface area contributed by atoms with Gasteiger partial charge in [-0.15, -0.1) is 5.10 Å². The number of likely N-dealkylation sites (tertiary alicyclic amines) is 1. The number of hydrogen-bond acceptors (Lipinski definition) is 7. The molecule has 0 bridgehead atoms. The molecule has 8 heteroatoms. The van der Waals surface area contributed by atoms with Crippen LogP contribution in [-0.2, 0) is 0 Å². The molecule has 1 aliphatic heterocycles. The standard InChI is InChI=1S/C17H22N6OS/c1-11-6-13(24)16(18-7-11)23-10-14-15(21-23)20-17(25-14)19-8-12-4-3-5-22(2)9-12/h6-7,10,12,24H,3-5,8-9H2,1-2H3,(H,19,20,21)/t12-/m0/s1. The lowest BCUT2D eigenvalue weighted by atomic mass is 9.99. The summed E-state index contributed by atoms with van der Waals surface area (Å²) in [5.41, 5.74) is 1.59. The third kappa shape index (κ3) is 3.45. The molecule has 0 saturated carbocycles. The third-order valence-corrected chi connectivity index (χ3v) is 5.48. The zero-order valence-corrected chi connectivity index (χ0v) is 15.3. The Morgan fingerprint density at radius 2 is 2.32 bits per heavy atom. The molecule has 1 atom stereocenters. The van der Waals surface area contributed by atoms with E-state index in [1.54, 1.807) is 28.3 Å². The summed E-state index contributed by atoms with van der Waals surface area (Å²) in [7, 11) is 2.18. The second kappa shape index (κ2) is 6.61. The van der Waals surface area contributed by atoms with Crippen molar-refractivity contribution in [2.75, 3.05) is 32.0 Å². The van der Waals surface area contributed by atoms with Gasteiger partial charge in [-0.05, 0) is 50.9 Å². The molecule has 3 aromatic rings. The van der Waals surface area contributed by atoms with Crippen molar-refractivity contribution >= 4 is 26.8 Å². The van der Waals surface area contributed by atoms with Crippen LogP contribution < -0.4 is 5.32 Å². The molecule has 0 radical (unpaired) electrons. The van der Waals surface area contributed by atoms with Gasteiger partial charge in [0.05, 0.1) is 10.9 Å². The second-order valence-electron chi connectivity index (χ2n) is 6.79. The van der Waals surface area contributed by atoms with Crippen molar-refractivity contribution in [2.45, 2.75) is 19.8 Å². The topological polar surface area (TPSA) is 79.1 Å². The molecule has 0 aliphatic carbocycles. The van der Waals surface area contributed by atoms with Gasteiger partial charge in [-0.25, -0.2) is 9.67 Å². The van der Waals surface area contributed by atoms with Crippen molar-refractivity contribution in [3.63, 3.8) is 0 Å². The molecule has 0 unspecified atom stereocenters. The van der Waals surface area contributed by atoms with Gasteiger partial charge in [0.2, 0.25) is 0 Å². The van der Waals surface area contributed by atoms with Crippen LogP contribution in [0.4, 0.5) is 5.13 Å². The maximum atomic E-state index is 10.1. The molecule has 4 rings (SSSR count). The highest BCUT2D eigenvalue weighted by atomic mass is 32.1. The number of aromatic hydroxyl groups is 1. The fourth-order valence-corrected chi connectivity index (χ4v) is 4.13. The molecule has 132 valence electrons. The fraction of sp³-hybridized carbons (Fsp3) is 0.471. The van der Waals surface area contributed by atoms with E-state index in [1.165, 1.54) is 19.4 Å². The number of piperidine rings is 1. The monoisotopic (exact) mass is 358 g/mol. The van der Waals surface area contributed by atoms with E-state index >= 15 is 0 Å². The first-order valence-electron chi connectivity index (χ1n) is 8.53. The smallest absolute Gasteiger partial charge is 0.196 e. The van der Waals surface area contributed by atoms with Crippen molar-refractivity contribution in [1.29, 1.82) is 0 Å². The van der Waals surface area contributed by atoms with Gasteiger partial charge in [0, 0.05) is 19.3 Å². The summed E-state index contributed by atoms with van der Waals surface area (Å²) >= 11 is 1.58. The molecule has 0 aromatic carbocycles. The van der Waals surface area contributed by atoms with E-state index in [4.69, 9.17) is 0 Å². The molecule has 4 heterocycles. The second-order valence-corrected chi connectivity index (χ2v) is 7.82. The van der Waals surface area contributed by atoms with Crippen LogP contribution in [0.25, 0.3) is 16.2 Å². The molecule has 3 aromatic heterocycles. The van der Waals surface area contributed by atoms with E-state index in [0.717, 1.165) is 28.5 Å². The van der Waals surface area contributed by atoms with Crippen LogP contribution in [0.5, 0.6) is 5.75 Å². The summed E-state index contributed by atoms with van der Waals surface area (Å²) in [6, 6.07) is 1.68. The van der Waals surface area contributed by atoms with Crippen molar-refractivity contribution < 1.29 is 5.11 Å². The Bertz CT molecular complexity index is 857. The quantitative estimate of drug-likeness (QED) is 0.746. The van der Waals surface area contributed by atoms with Gasteiger partial charge in [0.25, 0.3) is 0 Å². The van der Waals surface area contributed by atoms with E-state index in [0.29, 0.717) is 17.4 Å². The summed E-state index contributed by atoms with van der Waals surface area (Å²) in [4.78, 5) is 11.2. The van der Waals surface area contributed by atoms with Crippen molar-refractivity contribution in [3.05, 3.63) is 24.0 Å². The van der Waals surface area contributed by atoms with E-state index in [-0.39, 0.29) is 5.75 Å². The first-order valence-corrected chi connectivity index (χ1v) is 9.35. The Morgan fingerprint density at radius 3 is 3.08 bits per heavy atom. The Morgan fingerprint density at radius 1 is 1.44 bits per heavy atom. The zero-order chi connectivity index (χ0) is 17.4. The van der Waals surface area contributed by atoms with Gasteiger partial charge in [-0.2, -0.15) is 4.98 Å². The van der Waals surface area contributed by atoms with E-state index in [9.17, 15) is 5.11 Å². The fourth-order valence-electron chi connectivity index (χ4n) is 3.30. The average Bonchev–Trinajstić information content (AvgIpc) is 3.11. The maximum Gasteiger partial charge on any atom is 0.196 e. The van der Waals surface area contributed by atoms with Gasteiger partial charge >= 0.3 is 0 Å². The molecular weight excluding hydrogens is 336 g/mol. The number of thiazole rings is 1. The Kier molecular flexibility index (Phi) is 4.30. The number of rotatable bonds is 4. The Balaban J connectivity index is 1.47. The van der Waals surface area contributed by atoms with Crippen molar-refractivity contribution in [3.8, 4) is 11.6 Å². The van der Waals surface area contributed by atoms with Gasteiger partial charge in [-0.1, -0.05) is 11.3 Å². The molecule has 0 spiro atoms. The molecular formula is C17H22N6OS. The first kappa shape index (κ1) is 16.3. The molecule has 2 N–H and O–H groups in total. The lowest BCUT2D eigenvalue weighted by Crippen LogP contribution is -2.35. The number of hydrogen-bond donors (Lipinski definition) is 2. The number of fused-ring (bicyclic) bond motifs is 1. The van der Waals surface area contributed by atoms with Crippen molar-refractivity contribution in [2.24, 2.45) is 5.92 Å². The van der Waals surface area contributed by atoms with E-state index < -0.39 is 0 Å². The number of pyridine rings is 1.